The molecule has 0 saturated carbocycles. The van der Waals surface area contributed by atoms with Crippen LogP contribution in [0.1, 0.15) is 36.6 Å². The molecule has 0 aliphatic heterocycles. The van der Waals surface area contributed by atoms with Crippen molar-refractivity contribution in [3.63, 3.8) is 0 Å². The van der Waals surface area contributed by atoms with Gasteiger partial charge in [0.2, 0.25) is 0 Å². The van der Waals surface area contributed by atoms with E-state index in [1.165, 1.54) is 6.07 Å². The lowest BCUT2D eigenvalue weighted by Crippen LogP contribution is -2.39. The number of hydrogen-bond donors (Lipinski definition) is 3. The Morgan fingerprint density at radius 3 is 2.46 bits per heavy atom. The van der Waals surface area contributed by atoms with Gasteiger partial charge in [0.15, 0.2) is 0 Å². The molecule has 0 aliphatic carbocycles. The van der Waals surface area contributed by atoms with Crippen LogP contribution in [0.25, 0.3) is 0 Å². The molecule has 2 amide bonds. The zero-order valence-corrected chi connectivity index (χ0v) is 13.3. The Bertz CT molecular complexity index is 680. The Morgan fingerprint density at radius 2 is 1.83 bits per heavy atom. The van der Waals surface area contributed by atoms with Gasteiger partial charge in [-0.25, -0.2) is 13.6 Å². The lowest BCUT2D eigenvalue weighted by molar-refractivity contribution is 0.226. The molecule has 0 saturated heterocycles. The van der Waals surface area contributed by atoms with Crippen molar-refractivity contribution in [2.45, 2.75) is 25.4 Å². The van der Waals surface area contributed by atoms with Crippen LogP contribution in [0.3, 0.4) is 0 Å². The van der Waals surface area contributed by atoms with Crippen LogP contribution >= 0.6 is 0 Å². The lowest BCUT2D eigenvalue weighted by atomic mass is 10.0. The van der Waals surface area contributed by atoms with Gasteiger partial charge in [-0.3, -0.25) is 0 Å². The molecule has 0 bridgehead atoms. The minimum atomic E-state index is -0.710. The van der Waals surface area contributed by atoms with Gasteiger partial charge in [0, 0.05) is 18.2 Å². The number of aliphatic hydroxyl groups excluding tert-OH is 1. The molecule has 0 aliphatic rings. The van der Waals surface area contributed by atoms with E-state index in [-0.39, 0.29) is 18.2 Å². The molecular formula is C18H20F2N2O2. The first-order chi connectivity index (χ1) is 11.5. The number of hydrogen-bond acceptors (Lipinski definition) is 2. The topological polar surface area (TPSA) is 61.4 Å². The quantitative estimate of drug-likeness (QED) is 0.758. The smallest absolute Gasteiger partial charge is 0.315 e. The fourth-order valence-electron chi connectivity index (χ4n) is 2.46. The summed E-state index contributed by atoms with van der Waals surface area (Å²) in [4.78, 5) is 12.2. The van der Waals surface area contributed by atoms with E-state index in [0.29, 0.717) is 6.42 Å². The molecule has 3 N–H and O–H groups in total. The van der Waals surface area contributed by atoms with Crippen LogP contribution in [0, 0.1) is 11.6 Å². The first-order valence-electron chi connectivity index (χ1n) is 7.69. The number of amides is 2. The maximum atomic E-state index is 13.8. The third-order valence-electron chi connectivity index (χ3n) is 3.70. The molecule has 2 aromatic rings. The van der Waals surface area contributed by atoms with Crippen LogP contribution in [-0.2, 0) is 0 Å². The van der Waals surface area contributed by atoms with Crippen molar-refractivity contribution in [1.82, 2.24) is 10.6 Å². The largest absolute Gasteiger partial charge is 0.396 e. The van der Waals surface area contributed by atoms with E-state index in [0.717, 1.165) is 17.7 Å². The van der Waals surface area contributed by atoms with Crippen molar-refractivity contribution in [2.24, 2.45) is 0 Å². The van der Waals surface area contributed by atoms with Crippen molar-refractivity contribution in [3.05, 3.63) is 71.3 Å². The molecule has 24 heavy (non-hydrogen) atoms. The summed E-state index contributed by atoms with van der Waals surface area (Å²) in [7, 11) is 0. The number of nitrogens with one attached hydrogen (secondary N) is 2. The Morgan fingerprint density at radius 1 is 1.12 bits per heavy atom. The Labute approximate surface area is 139 Å². The highest BCUT2D eigenvalue weighted by Crippen LogP contribution is 2.19. The highest BCUT2D eigenvalue weighted by atomic mass is 19.1. The normalized spacial score (nSPS) is 13.2. The number of carbonyl (C=O) groups excluding carboxylic acids is 1. The summed E-state index contributed by atoms with van der Waals surface area (Å²) in [6, 6.07) is 11.0. The Hall–Kier alpha value is -2.47. The minimum absolute atomic E-state index is 0.0814. The van der Waals surface area contributed by atoms with Gasteiger partial charge in [-0.15, -0.1) is 0 Å². The summed E-state index contributed by atoms with van der Waals surface area (Å²) in [6.45, 7) is 1.53. The van der Waals surface area contributed by atoms with Crippen molar-refractivity contribution in [2.75, 3.05) is 6.61 Å². The number of benzene rings is 2. The SMILES string of the molecule is CC(NC(=O)N[C@H](CCO)c1ccccc1)c1ccc(F)cc1F. The maximum absolute atomic E-state index is 13.8. The average Bonchev–Trinajstić information content (AvgIpc) is 2.55. The molecular weight excluding hydrogens is 314 g/mol. The Balaban J connectivity index is 2.02. The second kappa shape index (κ2) is 8.40. The molecule has 0 aromatic heterocycles. The van der Waals surface area contributed by atoms with Gasteiger partial charge in [0.1, 0.15) is 11.6 Å². The summed E-state index contributed by atoms with van der Waals surface area (Å²) < 4.78 is 26.7. The van der Waals surface area contributed by atoms with E-state index in [4.69, 9.17) is 0 Å². The molecule has 1 unspecified atom stereocenters. The molecule has 2 atom stereocenters. The predicted octanol–water partition coefficient (Wildman–Crippen LogP) is 3.45. The van der Waals surface area contributed by atoms with Gasteiger partial charge in [0.05, 0.1) is 12.1 Å². The lowest BCUT2D eigenvalue weighted by Gasteiger charge is -2.21. The minimum Gasteiger partial charge on any atom is -0.396 e. The molecule has 0 fully saturated rings. The second-order valence-electron chi connectivity index (χ2n) is 5.48. The Kier molecular flexibility index (Phi) is 6.26. The summed E-state index contributed by atoms with van der Waals surface area (Å²) in [5.74, 6) is -1.38. The number of urea groups is 1. The summed E-state index contributed by atoms with van der Waals surface area (Å²) in [5.41, 5.74) is 1.06. The zero-order chi connectivity index (χ0) is 17.5. The van der Waals surface area contributed by atoms with Crippen LogP contribution in [0.4, 0.5) is 13.6 Å². The van der Waals surface area contributed by atoms with Gasteiger partial charge in [-0.2, -0.15) is 0 Å². The van der Waals surface area contributed by atoms with Crippen LogP contribution in [0.5, 0.6) is 0 Å². The zero-order valence-electron chi connectivity index (χ0n) is 13.3. The fourth-order valence-corrected chi connectivity index (χ4v) is 2.46. The monoisotopic (exact) mass is 334 g/mol. The van der Waals surface area contributed by atoms with Crippen molar-refractivity contribution >= 4 is 6.03 Å². The molecule has 2 rings (SSSR count). The maximum Gasteiger partial charge on any atom is 0.315 e. The molecule has 0 spiro atoms. The van der Waals surface area contributed by atoms with Gasteiger partial charge in [-0.05, 0) is 25.0 Å². The second-order valence-corrected chi connectivity index (χ2v) is 5.48. The van der Waals surface area contributed by atoms with Crippen LogP contribution in [0.15, 0.2) is 48.5 Å². The van der Waals surface area contributed by atoms with Gasteiger partial charge < -0.3 is 15.7 Å². The van der Waals surface area contributed by atoms with E-state index in [1.807, 2.05) is 30.3 Å². The van der Waals surface area contributed by atoms with E-state index >= 15 is 0 Å². The van der Waals surface area contributed by atoms with Crippen molar-refractivity contribution in [1.29, 1.82) is 0 Å². The third kappa shape index (κ3) is 4.76. The van der Waals surface area contributed by atoms with Crippen LogP contribution in [0.2, 0.25) is 0 Å². The number of carbonyl (C=O) groups is 1. The predicted molar refractivity (Wildman–Crippen MR) is 87.3 cm³/mol. The van der Waals surface area contributed by atoms with Crippen LogP contribution < -0.4 is 10.6 Å². The molecule has 6 heteroatoms. The number of aliphatic hydroxyl groups is 1. The number of halogens is 2. The van der Waals surface area contributed by atoms with E-state index in [1.54, 1.807) is 6.92 Å². The van der Waals surface area contributed by atoms with Gasteiger partial charge >= 0.3 is 6.03 Å². The van der Waals surface area contributed by atoms with Gasteiger partial charge in [0.25, 0.3) is 0 Å². The summed E-state index contributed by atoms with van der Waals surface area (Å²) in [6.07, 6.45) is 0.358. The van der Waals surface area contributed by atoms with Crippen LogP contribution in [-0.4, -0.2) is 17.7 Å². The number of rotatable bonds is 6. The molecule has 4 nitrogen and oxygen atoms in total. The molecule has 0 heterocycles. The molecule has 0 radical (unpaired) electrons. The summed E-state index contributed by atoms with van der Waals surface area (Å²) in [5, 5.41) is 14.6. The first kappa shape index (κ1) is 17.9. The van der Waals surface area contributed by atoms with E-state index in [9.17, 15) is 18.7 Å². The highest BCUT2D eigenvalue weighted by Gasteiger charge is 2.17. The molecule has 2 aromatic carbocycles. The van der Waals surface area contributed by atoms with Crippen molar-refractivity contribution < 1.29 is 18.7 Å². The van der Waals surface area contributed by atoms with E-state index in [2.05, 4.69) is 10.6 Å². The van der Waals surface area contributed by atoms with E-state index < -0.39 is 23.7 Å². The molecule has 128 valence electrons. The average molecular weight is 334 g/mol. The van der Waals surface area contributed by atoms with Gasteiger partial charge in [-0.1, -0.05) is 36.4 Å². The fraction of sp³-hybridized carbons (Fsp3) is 0.278. The third-order valence-corrected chi connectivity index (χ3v) is 3.70. The summed E-state index contributed by atoms with van der Waals surface area (Å²) >= 11 is 0. The standard InChI is InChI=1S/C18H20F2N2O2/c1-12(15-8-7-14(19)11-16(15)20)21-18(24)22-17(9-10-23)13-5-3-2-4-6-13/h2-8,11-12,17,23H,9-10H2,1H3,(H2,21,22,24)/t12?,17-/m1/s1. The van der Waals surface area contributed by atoms with Crippen molar-refractivity contribution in [3.8, 4) is 0 Å². The first-order valence-corrected chi connectivity index (χ1v) is 7.69. The highest BCUT2D eigenvalue weighted by molar-refractivity contribution is 5.75.